The summed E-state index contributed by atoms with van der Waals surface area (Å²) in [5.74, 6) is 1.87. The van der Waals surface area contributed by atoms with E-state index in [2.05, 4.69) is 54.8 Å². The van der Waals surface area contributed by atoms with Crippen LogP contribution in [0.1, 0.15) is 13.3 Å². The van der Waals surface area contributed by atoms with Crippen molar-refractivity contribution in [2.75, 3.05) is 19.0 Å². The molecule has 6 nitrogen and oxygen atoms in total. The van der Waals surface area contributed by atoms with Crippen LogP contribution in [0, 0.1) is 3.57 Å². The summed E-state index contributed by atoms with van der Waals surface area (Å²) in [5, 5.41) is 3.27. The number of methoxy groups -OCH3 is 1. The SMILES string of the molecule is CCCNc1nc(-c2cc(OC)ncn2)ncc1I. The van der Waals surface area contributed by atoms with E-state index >= 15 is 0 Å². The molecule has 1 N–H and O–H groups in total. The Bertz CT molecular complexity index is 564. The lowest BCUT2D eigenvalue weighted by molar-refractivity contribution is 0.397. The van der Waals surface area contributed by atoms with Gasteiger partial charge in [-0.1, -0.05) is 6.92 Å². The van der Waals surface area contributed by atoms with Gasteiger partial charge in [-0.15, -0.1) is 0 Å². The molecule has 0 aromatic carbocycles. The number of nitrogens with zero attached hydrogens (tertiary/aromatic N) is 4. The topological polar surface area (TPSA) is 72.8 Å². The Morgan fingerprint density at radius 1 is 1.32 bits per heavy atom. The van der Waals surface area contributed by atoms with E-state index < -0.39 is 0 Å². The monoisotopic (exact) mass is 371 g/mol. The summed E-state index contributed by atoms with van der Waals surface area (Å²) in [6.07, 6.45) is 4.25. The highest BCUT2D eigenvalue weighted by atomic mass is 127. The van der Waals surface area contributed by atoms with Crippen LogP contribution in [0.25, 0.3) is 11.5 Å². The van der Waals surface area contributed by atoms with Gasteiger partial charge >= 0.3 is 0 Å². The van der Waals surface area contributed by atoms with E-state index in [0.717, 1.165) is 22.4 Å². The van der Waals surface area contributed by atoms with Crippen molar-refractivity contribution in [2.45, 2.75) is 13.3 Å². The number of hydrogen-bond acceptors (Lipinski definition) is 6. The van der Waals surface area contributed by atoms with Crippen molar-refractivity contribution in [1.29, 1.82) is 0 Å². The summed E-state index contributed by atoms with van der Waals surface area (Å²) in [6.45, 7) is 2.98. The lowest BCUT2D eigenvalue weighted by Gasteiger charge is -2.08. The molecule has 0 spiro atoms. The summed E-state index contributed by atoms with van der Waals surface area (Å²) in [5.41, 5.74) is 0.641. The minimum Gasteiger partial charge on any atom is -0.481 e. The third-order valence-electron chi connectivity index (χ3n) is 2.37. The van der Waals surface area contributed by atoms with Crippen LogP contribution in [-0.4, -0.2) is 33.6 Å². The summed E-state index contributed by atoms with van der Waals surface area (Å²) >= 11 is 2.21. The quantitative estimate of drug-likeness (QED) is 0.814. The molecule has 0 saturated carbocycles. The maximum absolute atomic E-state index is 5.07. The minimum absolute atomic E-state index is 0.496. The van der Waals surface area contributed by atoms with Crippen LogP contribution in [0.4, 0.5) is 5.82 Å². The van der Waals surface area contributed by atoms with Crippen molar-refractivity contribution in [3.8, 4) is 17.4 Å². The van der Waals surface area contributed by atoms with Crippen LogP contribution >= 0.6 is 22.6 Å². The molecular formula is C12H14IN5O. The molecule has 100 valence electrons. The first-order valence-corrected chi connectivity index (χ1v) is 6.95. The first kappa shape index (κ1) is 13.9. The molecule has 7 heteroatoms. The third kappa shape index (κ3) is 3.49. The minimum atomic E-state index is 0.496. The maximum Gasteiger partial charge on any atom is 0.216 e. The number of hydrogen-bond donors (Lipinski definition) is 1. The van der Waals surface area contributed by atoms with Crippen molar-refractivity contribution >= 4 is 28.4 Å². The van der Waals surface area contributed by atoms with Crippen molar-refractivity contribution < 1.29 is 4.74 Å². The lowest BCUT2D eigenvalue weighted by atomic mass is 10.3. The third-order valence-corrected chi connectivity index (χ3v) is 3.16. The molecule has 0 bridgehead atoms. The average molecular weight is 371 g/mol. The second-order valence-corrected chi connectivity index (χ2v) is 4.92. The lowest BCUT2D eigenvalue weighted by Crippen LogP contribution is -2.06. The van der Waals surface area contributed by atoms with Crippen molar-refractivity contribution in [2.24, 2.45) is 0 Å². The van der Waals surface area contributed by atoms with E-state index in [-0.39, 0.29) is 0 Å². The van der Waals surface area contributed by atoms with Gasteiger partial charge in [0.1, 0.15) is 17.8 Å². The molecule has 0 atom stereocenters. The second kappa shape index (κ2) is 6.60. The van der Waals surface area contributed by atoms with Gasteiger partial charge in [0.05, 0.1) is 10.7 Å². The van der Waals surface area contributed by atoms with Gasteiger partial charge in [-0.3, -0.25) is 0 Å². The van der Waals surface area contributed by atoms with E-state index in [9.17, 15) is 0 Å². The molecule has 2 heterocycles. The summed E-state index contributed by atoms with van der Waals surface area (Å²) in [7, 11) is 1.56. The van der Waals surface area contributed by atoms with Gasteiger partial charge in [0.25, 0.3) is 0 Å². The number of ether oxygens (including phenoxy) is 1. The molecule has 0 aliphatic heterocycles. The van der Waals surface area contributed by atoms with E-state index in [1.54, 1.807) is 19.4 Å². The number of anilines is 1. The Morgan fingerprint density at radius 3 is 2.89 bits per heavy atom. The summed E-state index contributed by atoms with van der Waals surface area (Å²) in [4.78, 5) is 16.9. The Labute approximate surface area is 125 Å². The molecule has 2 rings (SSSR count). The van der Waals surface area contributed by atoms with Gasteiger partial charge < -0.3 is 10.1 Å². The molecule has 0 aliphatic carbocycles. The van der Waals surface area contributed by atoms with Gasteiger partial charge in [-0.25, -0.2) is 19.9 Å². The molecule has 2 aromatic heterocycles. The van der Waals surface area contributed by atoms with Gasteiger partial charge in [0.15, 0.2) is 5.82 Å². The van der Waals surface area contributed by atoms with Crippen molar-refractivity contribution in [3.05, 3.63) is 22.2 Å². The highest BCUT2D eigenvalue weighted by Crippen LogP contribution is 2.20. The molecule has 0 fully saturated rings. The first-order chi connectivity index (χ1) is 9.24. The average Bonchev–Trinajstić information content (AvgIpc) is 2.46. The van der Waals surface area contributed by atoms with Crippen LogP contribution in [0.3, 0.4) is 0 Å². The molecule has 0 saturated heterocycles. The number of aromatic nitrogens is 4. The van der Waals surface area contributed by atoms with E-state index in [4.69, 9.17) is 4.74 Å². The summed E-state index contributed by atoms with van der Waals surface area (Å²) < 4.78 is 6.05. The van der Waals surface area contributed by atoms with Crippen LogP contribution in [0.15, 0.2) is 18.6 Å². The van der Waals surface area contributed by atoms with E-state index in [0.29, 0.717) is 17.4 Å². The van der Waals surface area contributed by atoms with Crippen molar-refractivity contribution in [3.63, 3.8) is 0 Å². The highest BCUT2D eigenvalue weighted by Gasteiger charge is 2.09. The molecule has 19 heavy (non-hydrogen) atoms. The molecule has 0 aliphatic rings. The predicted octanol–water partition coefficient (Wildman–Crippen LogP) is 2.37. The standard InChI is InChI=1S/C12H14IN5O/c1-3-4-14-11-8(13)6-15-12(18-11)9-5-10(19-2)17-7-16-9/h5-7H,3-4H2,1-2H3,(H,14,15,18). The smallest absolute Gasteiger partial charge is 0.216 e. The zero-order valence-electron chi connectivity index (χ0n) is 10.7. The van der Waals surface area contributed by atoms with Gasteiger partial charge in [0.2, 0.25) is 5.88 Å². The van der Waals surface area contributed by atoms with Gasteiger partial charge in [-0.05, 0) is 29.0 Å². The van der Waals surface area contributed by atoms with Crippen LogP contribution < -0.4 is 10.1 Å². The normalized spacial score (nSPS) is 10.3. The fourth-order valence-electron chi connectivity index (χ4n) is 1.43. The predicted molar refractivity (Wildman–Crippen MR) is 81.1 cm³/mol. The number of halogens is 1. The summed E-state index contributed by atoms with van der Waals surface area (Å²) in [6, 6.07) is 1.71. The number of rotatable bonds is 5. The molecule has 0 amide bonds. The Hall–Kier alpha value is -1.51. The Morgan fingerprint density at radius 2 is 2.16 bits per heavy atom. The van der Waals surface area contributed by atoms with Gasteiger partial charge in [-0.2, -0.15) is 0 Å². The highest BCUT2D eigenvalue weighted by molar-refractivity contribution is 14.1. The number of nitrogens with one attached hydrogen (secondary N) is 1. The van der Waals surface area contributed by atoms with Gasteiger partial charge in [0, 0.05) is 18.8 Å². The zero-order valence-corrected chi connectivity index (χ0v) is 12.9. The Balaban J connectivity index is 2.33. The van der Waals surface area contributed by atoms with Crippen LogP contribution in [-0.2, 0) is 0 Å². The largest absolute Gasteiger partial charge is 0.481 e. The molecule has 0 radical (unpaired) electrons. The van der Waals surface area contributed by atoms with E-state index in [1.165, 1.54) is 6.33 Å². The van der Waals surface area contributed by atoms with Crippen LogP contribution in [0.2, 0.25) is 0 Å². The Kier molecular flexibility index (Phi) is 4.83. The zero-order chi connectivity index (χ0) is 13.7. The maximum atomic E-state index is 5.07. The molecule has 0 unspecified atom stereocenters. The fraction of sp³-hybridized carbons (Fsp3) is 0.333. The first-order valence-electron chi connectivity index (χ1n) is 5.87. The van der Waals surface area contributed by atoms with Crippen molar-refractivity contribution in [1.82, 2.24) is 19.9 Å². The fourth-order valence-corrected chi connectivity index (χ4v) is 1.88. The molecule has 2 aromatic rings. The molecular weight excluding hydrogens is 357 g/mol. The second-order valence-electron chi connectivity index (χ2n) is 3.76. The van der Waals surface area contributed by atoms with E-state index in [1.807, 2.05) is 0 Å². The van der Waals surface area contributed by atoms with Crippen LogP contribution in [0.5, 0.6) is 5.88 Å².